The smallest absolute Gasteiger partial charge is 0.273 e. The van der Waals surface area contributed by atoms with Crippen molar-refractivity contribution in [3.05, 3.63) is 46.0 Å². The van der Waals surface area contributed by atoms with E-state index in [1.54, 1.807) is 6.07 Å². The van der Waals surface area contributed by atoms with Gasteiger partial charge in [0.1, 0.15) is 5.75 Å². The first-order valence-corrected chi connectivity index (χ1v) is 6.68. The highest BCUT2D eigenvalue weighted by molar-refractivity contribution is 5.85. The number of benzene rings is 1. The zero-order valence-electron chi connectivity index (χ0n) is 11.9. The second kappa shape index (κ2) is 9.01. The van der Waals surface area contributed by atoms with Gasteiger partial charge in [-0.3, -0.25) is 14.9 Å². The van der Waals surface area contributed by atoms with E-state index in [1.165, 1.54) is 23.8 Å². The summed E-state index contributed by atoms with van der Waals surface area (Å²) in [6, 6.07) is 5.76. The molecule has 1 heterocycles. The molecule has 0 saturated heterocycles. The van der Waals surface area contributed by atoms with Crippen LogP contribution < -0.4 is 15.4 Å². The maximum absolute atomic E-state index is 11.7. The Morgan fingerprint density at radius 3 is 2.95 bits per heavy atom. The minimum atomic E-state index is -0.503. The Hall–Kier alpha value is -2.12. The number of hydrogen-bond acceptors (Lipinski definition) is 5. The monoisotopic (exact) mass is 327 g/mol. The molecule has 0 radical (unpaired) electrons. The minimum Gasteiger partial charge on any atom is -0.484 e. The lowest BCUT2D eigenvalue weighted by Gasteiger charge is -2.14. The number of nitro groups is 1. The second-order valence-corrected chi connectivity index (χ2v) is 4.64. The lowest BCUT2D eigenvalue weighted by atomic mass is 10.1. The van der Waals surface area contributed by atoms with Gasteiger partial charge in [-0.1, -0.05) is 17.7 Å². The zero-order chi connectivity index (χ0) is 15.1. The second-order valence-electron chi connectivity index (χ2n) is 4.64. The summed E-state index contributed by atoms with van der Waals surface area (Å²) >= 11 is 0. The number of hydrogen-bond donors (Lipinski definition) is 2. The minimum absolute atomic E-state index is 0. The van der Waals surface area contributed by atoms with Crippen LogP contribution in [-0.2, 0) is 4.79 Å². The van der Waals surface area contributed by atoms with Crippen molar-refractivity contribution >= 4 is 24.0 Å². The molecule has 120 valence electrons. The molecule has 8 heteroatoms. The van der Waals surface area contributed by atoms with Gasteiger partial charge in [0.15, 0.2) is 6.61 Å². The Balaban J connectivity index is 0.00000242. The van der Waals surface area contributed by atoms with Gasteiger partial charge in [0, 0.05) is 19.2 Å². The van der Waals surface area contributed by atoms with E-state index in [0.29, 0.717) is 12.3 Å². The highest BCUT2D eigenvalue weighted by Crippen LogP contribution is 2.18. The van der Waals surface area contributed by atoms with Gasteiger partial charge in [0.2, 0.25) is 0 Å². The lowest BCUT2D eigenvalue weighted by molar-refractivity contribution is -0.384. The fourth-order valence-electron chi connectivity index (χ4n) is 1.93. The molecule has 0 fully saturated rings. The highest BCUT2D eigenvalue weighted by Gasteiger charge is 2.09. The number of nitrogens with one attached hydrogen (secondary N) is 2. The summed E-state index contributed by atoms with van der Waals surface area (Å²) in [6.07, 6.45) is 2.98. The van der Waals surface area contributed by atoms with Crippen LogP contribution in [0.3, 0.4) is 0 Å². The van der Waals surface area contributed by atoms with Crippen molar-refractivity contribution in [2.24, 2.45) is 0 Å². The van der Waals surface area contributed by atoms with Gasteiger partial charge in [0.25, 0.3) is 11.6 Å². The van der Waals surface area contributed by atoms with E-state index in [4.69, 9.17) is 4.74 Å². The van der Waals surface area contributed by atoms with Crippen LogP contribution >= 0.6 is 12.4 Å². The van der Waals surface area contributed by atoms with E-state index in [-0.39, 0.29) is 30.6 Å². The molecule has 1 aromatic carbocycles. The third-order valence-electron chi connectivity index (χ3n) is 3.07. The van der Waals surface area contributed by atoms with Crippen molar-refractivity contribution in [3.8, 4) is 5.75 Å². The van der Waals surface area contributed by atoms with Crippen LogP contribution in [-0.4, -0.2) is 37.1 Å². The molecular formula is C14H18ClN3O4. The van der Waals surface area contributed by atoms with Gasteiger partial charge in [0.05, 0.1) is 11.0 Å². The van der Waals surface area contributed by atoms with E-state index in [2.05, 4.69) is 16.7 Å². The largest absolute Gasteiger partial charge is 0.484 e. The summed E-state index contributed by atoms with van der Waals surface area (Å²) < 4.78 is 5.25. The van der Waals surface area contributed by atoms with E-state index in [0.717, 1.165) is 19.5 Å². The first-order valence-electron chi connectivity index (χ1n) is 6.68. The fourth-order valence-corrected chi connectivity index (χ4v) is 1.93. The van der Waals surface area contributed by atoms with Crippen LogP contribution in [0.15, 0.2) is 35.9 Å². The van der Waals surface area contributed by atoms with Crippen LogP contribution in [0.1, 0.15) is 6.42 Å². The number of ether oxygens (including phenoxy) is 1. The first-order chi connectivity index (χ1) is 10.1. The summed E-state index contributed by atoms with van der Waals surface area (Å²) in [4.78, 5) is 21.8. The Morgan fingerprint density at radius 2 is 2.27 bits per heavy atom. The standard InChI is InChI=1S/C14H17N3O4.ClH/c18-14(16-9-11-4-6-15-7-5-11)10-21-13-3-1-2-12(8-13)17(19)20;/h1-4,8,15H,5-7,9-10H2,(H,16,18);1H. The van der Waals surface area contributed by atoms with Crippen LogP contribution in [0.2, 0.25) is 0 Å². The summed E-state index contributed by atoms with van der Waals surface area (Å²) in [7, 11) is 0. The maximum atomic E-state index is 11.7. The third-order valence-corrected chi connectivity index (χ3v) is 3.07. The van der Waals surface area contributed by atoms with Gasteiger partial charge in [-0.25, -0.2) is 0 Å². The van der Waals surface area contributed by atoms with E-state index >= 15 is 0 Å². The molecule has 0 aromatic heterocycles. The molecule has 0 saturated carbocycles. The van der Waals surface area contributed by atoms with Gasteiger partial charge >= 0.3 is 0 Å². The van der Waals surface area contributed by atoms with Gasteiger partial charge in [-0.15, -0.1) is 12.4 Å². The highest BCUT2D eigenvalue weighted by atomic mass is 35.5. The molecule has 1 amide bonds. The number of non-ortho nitro benzene ring substituents is 1. The number of carbonyl (C=O) groups excluding carboxylic acids is 1. The normalized spacial score (nSPS) is 13.5. The number of nitro benzene ring substituents is 1. The molecule has 0 bridgehead atoms. The molecule has 1 aliphatic rings. The van der Waals surface area contributed by atoms with Crippen molar-refractivity contribution in [3.63, 3.8) is 0 Å². The van der Waals surface area contributed by atoms with Crippen molar-refractivity contribution < 1.29 is 14.5 Å². The van der Waals surface area contributed by atoms with Crippen molar-refractivity contribution in [1.29, 1.82) is 0 Å². The van der Waals surface area contributed by atoms with Gasteiger partial charge in [-0.2, -0.15) is 0 Å². The number of amides is 1. The molecule has 22 heavy (non-hydrogen) atoms. The molecule has 2 rings (SSSR count). The molecule has 0 atom stereocenters. The summed E-state index contributed by atoms with van der Waals surface area (Å²) in [5.74, 6) is 0.0568. The molecule has 0 spiro atoms. The maximum Gasteiger partial charge on any atom is 0.273 e. The Bertz CT molecular complexity index is 563. The average molecular weight is 328 g/mol. The third kappa shape index (κ3) is 5.71. The molecule has 0 unspecified atom stereocenters. The molecule has 2 N–H and O–H groups in total. The number of halogens is 1. The quantitative estimate of drug-likeness (QED) is 0.468. The van der Waals surface area contributed by atoms with E-state index < -0.39 is 4.92 Å². The Morgan fingerprint density at radius 1 is 1.45 bits per heavy atom. The Labute approximate surface area is 134 Å². The van der Waals surface area contributed by atoms with E-state index in [1.807, 2.05) is 0 Å². The van der Waals surface area contributed by atoms with Gasteiger partial charge in [-0.05, 0) is 19.0 Å². The zero-order valence-corrected chi connectivity index (χ0v) is 12.7. The average Bonchev–Trinajstić information content (AvgIpc) is 2.52. The van der Waals surface area contributed by atoms with Crippen molar-refractivity contribution in [1.82, 2.24) is 10.6 Å². The number of carbonyl (C=O) groups is 1. The Kier molecular flexibility index (Phi) is 7.34. The van der Waals surface area contributed by atoms with E-state index in [9.17, 15) is 14.9 Å². The molecule has 1 aromatic rings. The van der Waals surface area contributed by atoms with Crippen molar-refractivity contribution in [2.45, 2.75) is 6.42 Å². The lowest BCUT2D eigenvalue weighted by Crippen LogP contribution is -2.32. The number of nitrogens with zero attached hydrogens (tertiary/aromatic N) is 1. The molecule has 0 aliphatic carbocycles. The first kappa shape index (κ1) is 17.9. The predicted molar refractivity (Wildman–Crippen MR) is 84.4 cm³/mol. The summed E-state index contributed by atoms with van der Waals surface area (Å²) in [5, 5.41) is 16.6. The van der Waals surface area contributed by atoms with Crippen LogP contribution in [0.4, 0.5) is 5.69 Å². The number of rotatable bonds is 6. The summed E-state index contributed by atoms with van der Waals surface area (Å²) in [6.45, 7) is 2.10. The summed E-state index contributed by atoms with van der Waals surface area (Å²) in [5.41, 5.74) is 1.13. The SMILES string of the molecule is Cl.O=C(COc1cccc([N+](=O)[O-])c1)NCC1=CCNCC1. The predicted octanol–water partition coefficient (Wildman–Crippen LogP) is 1.43. The van der Waals surface area contributed by atoms with Crippen LogP contribution in [0.25, 0.3) is 0 Å². The van der Waals surface area contributed by atoms with Gasteiger partial charge < -0.3 is 15.4 Å². The molecular weight excluding hydrogens is 310 g/mol. The molecule has 1 aliphatic heterocycles. The fraction of sp³-hybridized carbons (Fsp3) is 0.357. The van der Waals surface area contributed by atoms with Crippen LogP contribution in [0.5, 0.6) is 5.75 Å². The van der Waals surface area contributed by atoms with Crippen LogP contribution in [0, 0.1) is 10.1 Å². The molecule has 7 nitrogen and oxygen atoms in total. The topological polar surface area (TPSA) is 93.5 Å². The van der Waals surface area contributed by atoms with Crippen molar-refractivity contribution in [2.75, 3.05) is 26.2 Å².